The molecule has 1 unspecified atom stereocenters. The summed E-state index contributed by atoms with van der Waals surface area (Å²) >= 11 is 0. The highest BCUT2D eigenvalue weighted by Crippen LogP contribution is 2.10. The quantitative estimate of drug-likeness (QED) is 0.739. The minimum Gasteiger partial charge on any atom is -0.390 e. The second-order valence-electron chi connectivity index (χ2n) is 4.61. The highest BCUT2D eigenvalue weighted by molar-refractivity contribution is 5.02. The first kappa shape index (κ1) is 11.6. The van der Waals surface area contributed by atoms with E-state index in [2.05, 4.69) is 33.9 Å². The largest absolute Gasteiger partial charge is 0.390 e. The molecule has 1 aliphatic heterocycles. The van der Waals surface area contributed by atoms with Crippen LogP contribution >= 0.6 is 0 Å². The Morgan fingerprint density at radius 1 is 1.50 bits per heavy atom. The maximum atomic E-state index is 8.96. The molecule has 2 rings (SSSR count). The fraction of sp³-hybridized carbons (Fsp3) is 0.727. The van der Waals surface area contributed by atoms with Crippen molar-refractivity contribution in [3.63, 3.8) is 0 Å². The first-order valence-electron chi connectivity index (χ1n) is 5.71. The monoisotopic (exact) mass is 224 g/mol. The smallest absolute Gasteiger partial charge is 0.107 e. The standard InChI is InChI=1S/C11H20N4O/c1-14-3-4-15(2)10(7-14)5-11-12-6-9(8-16)13-11/h6,10,16H,3-5,7-8H2,1-2H3,(H,12,13). The Labute approximate surface area is 96.1 Å². The Morgan fingerprint density at radius 3 is 3.00 bits per heavy atom. The average Bonchev–Trinajstić information content (AvgIpc) is 2.71. The number of likely N-dealkylation sites (N-methyl/N-ethyl adjacent to an activating group) is 2. The Bertz CT molecular complexity index is 338. The number of aromatic amines is 1. The summed E-state index contributed by atoms with van der Waals surface area (Å²) in [7, 11) is 4.31. The van der Waals surface area contributed by atoms with Crippen LogP contribution < -0.4 is 0 Å². The van der Waals surface area contributed by atoms with E-state index in [4.69, 9.17) is 5.11 Å². The molecule has 1 aromatic heterocycles. The molecule has 0 aliphatic carbocycles. The maximum Gasteiger partial charge on any atom is 0.107 e. The van der Waals surface area contributed by atoms with Crippen LogP contribution in [-0.4, -0.2) is 64.6 Å². The molecule has 0 radical (unpaired) electrons. The Hall–Kier alpha value is -0.910. The van der Waals surface area contributed by atoms with E-state index in [1.54, 1.807) is 6.20 Å². The zero-order valence-corrected chi connectivity index (χ0v) is 9.98. The van der Waals surface area contributed by atoms with E-state index in [1.807, 2.05) is 0 Å². The second kappa shape index (κ2) is 4.95. The molecule has 0 bridgehead atoms. The fourth-order valence-corrected chi connectivity index (χ4v) is 2.13. The van der Waals surface area contributed by atoms with E-state index in [0.717, 1.165) is 37.6 Å². The lowest BCUT2D eigenvalue weighted by Gasteiger charge is -2.37. The van der Waals surface area contributed by atoms with Gasteiger partial charge >= 0.3 is 0 Å². The number of hydrogen-bond donors (Lipinski definition) is 2. The number of aliphatic hydroxyl groups is 1. The van der Waals surface area contributed by atoms with Crippen molar-refractivity contribution in [2.75, 3.05) is 33.7 Å². The normalized spacial score (nSPS) is 23.8. The summed E-state index contributed by atoms with van der Waals surface area (Å²) in [6, 6.07) is 0.511. The van der Waals surface area contributed by atoms with Gasteiger partial charge in [-0.05, 0) is 14.1 Å². The minimum atomic E-state index is 0.0351. The van der Waals surface area contributed by atoms with Crippen LogP contribution in [0.5, 0.6) is 0 Å². The third kappa shape index (κ3) is 2.61. The van der Waals surface area contributed by atoms with E-state index >= 15 is 0 Å². The lowest BCUT2D eigenvalue weighted by molar-refractivity contribution is 0.113. The molecule has 2 heterocycles. The van der Waals surface area contributed by atoms with Crippen molar-refractivity contribution >= 4 is 0 Å². The molecule has 1 aromatic rings. The molecular formula is C11H20N4O. The summed E-state index contributed by atoms with van der Waals surface area (Å²) in [5.74, 6) is 0.969. The van der Waals surface area contributed by atoms with Gasteiger partial charge in [0.25, 0.3) is 0 Å². The molecular weight excluding hydrogens is 204 g/mol. The number of nitrogens with one attached hydrogen (secondary N) is 1. The Balaban J connectivity index is 1.97. The summed E-state index contributed by atoms with van der Waals surface area (Å²) in [5.41, 5.74) is 0.793. The molecule has 1 aliphatic rings. The summed E-state index contributed by atoms with van der Waals surface area (Å²) in [6.45, 7) is 3.35. The highest BCUT2D eigenvalue weighted by Gasteiger charge is 2.23. The maximum absolute atomic E-state index is 8.96. The van der Waals surface area contributed by atoms with Gasteiger partial charge in [0, 0.05) is 32.1 Å². The molecule has 90 valence electrons. The van der Waals surface area contributed by atoms with Crippen molar-refractivity contribution in [2.24, 2.45) is 0 Å². The fourth-order valence-electron chi connectivity index (χ4n) is 2.13. The molecule has 2 N–H and O–H groups in total. The Kier molecular flexibility index (Phi) is 3.58. The highest BCUT2D eigenvalue weighted by atomic mass is 16.3. The number of H-pyrrole nitrogens is 1. The van der Waals surface area contributed by atoms with Gasteiger partial charge in [0.15, 0.2) is 0 Å². The number of hydrogen-bond acceptors (Lipinski definition) is 4. The van der Waals surface area contributed by atoms with Crippen molar-refractivity contribution in [3.05, 3.63) is 17.7 Å². The predicted molar refractivity (Wildman–Crippen MR) is 62.1 cm³/mol. The molecule has 1 fully saturated rings. The molecule has 1 saturated heterocycles. The first-order valence-corrected chi connectivity index (χ1v) is 5.71. The SMILES string of the molecule is CN1CCN(C)C(Cc2ncc(CO)[nH]2)C1. The predicted octanol–water partition coefficient (Wildman–Crippen LogP) is -0.310. The van der Waals surface area contributed by atoms with Gasteiger partial charge in [-0.25, -0.2) is 4.98 Å². The van der Waals surface area contributed by atoms with Gasteiger partial charge in [-0.1, -0.05) is 0 Å². The van der Waals surface area contributed by atoms with Gasteiger partial charge in [0.1, 0.15) is 5.82 Å². The number of piperazine rings is 1. The van der Waals surface area contributed by atoms with Crippen LogP contribution in [0.2, 0.25) is 0 Å². The molecule has 0 spiro atoms. The van der Waals surface area contributed by atoms with Crippen molar-refractivity contribution in [2.45, 2.75) is 19.1 Å². The average molecular weight is 224 g/mol. The third-order valence-electron chi connectivity index (χ3n) is 3.26. The van der Waals surface area contributed by atoms with Gasteiger partial charge in [0.2, 0.25) is 0 Å². The van der Waals surface area contributed by atoms with Gasteiger partial charge < -0.3 is 19.9 Å². The van der Waals surface area contributed by atoms with Crippen molar-refractivity contribution < 1.29 is 5.11 Å². The van der Waals surface area contributed by atoms with E-state index in [-0.39, 0.29) is 6.61 Å². The van der Waals surface area contributed by atoms with Gasteiger partial charge in [-0.2, -0.15) is 0 Å². The molecule has 1 atom stereocenters. The molecule has 0 aromatic carbocycles. The van der Waals surface area contributed by atoms with Crippen LogP contribution in [0.25, 0.3) is 0 Å². The second-order valence-corrected chi connectivity index (χ2v) is 4.61. The number of aliphatic hydroxyl groups excluding tert-OH is 1. The lowest BCUT2D eigenvalue weighted by atomic mass is 10.1. The summed E-state index contributed by atoms with van der Waals surface area (Å²) in [5, 5.41) is 8.96. The van der Waals surface area contributed by atoms with Crippen LogP contribution in [0.15, 0.2) is 6.20 Å². The van der Waals surface area contributed by atoms with Gasteiger partial charge in [-0.3, -0.25) is 0 Å². The van der Waals surface area contributed by atoms with Crippen molar-refractivity contribution in [3.8, 4) is 0 Å². The number of aromatic nitrogens is 2. The topological polar surface area (TPSA) is 55.4 Å². The van der Waals surface area contributed by atoms with Gasteiger partial charge in [-0.15, -0.1) is 0 Å². The molecule has 5 nitrogen and oxygen atoms in total. The van der Waals surface area contributed by atoms with E-state index in [9.17, 15) is 0 Å². The van der Waals surface area contributed by atoms with Crippen LogP contribution in [0.3, 0.4) is 0 Å². The summed E-state index contributed by atoms with van der Waals surface area (Å²) in [4.78, 5) is 12.1. The number of nitrogens with zero attached hydrogens (tertiary/aromatic N) is 3. The summed E-state index contributed by atoms with van der Waals surface area (Å²) < 4.78 is 0. The number of rotatable bonds is 3. The lowest BCUT2D eigenvalue weighted by Crippen LogP contribution is -2.50. The zero-order chi connectivity index (χ0) is 11.5. The Morgan fingerprint density at radius 2 is 2.31 bits per heavy atom. The molecule has 16 heavy (non-hydrogen) atoms. The van der Waals surface area contributed by atoms with Gasteiger partial charge in [0.05, 0.1) is 18.5 Å². The van der Waals surface area contributed by atoms with E-state index in [1.165, 1.54) is 0 Å². The summed E-state index contributed by atoms with van der Waals surface area (Å²) in [6.07, 6.45) is 2.63. The molecule has 5 heteroatoms. The minimum absolute atomic E-state index is 0.0351. The first-order chi connectivity index (χ1) is 7.69. The number of imidazole rings is 1. The third-order valence-corrected chi connectivity index (χ3v) is 3.26. The van der Waals surface area contributed by atoms with Crippen LogP contribution in [-0.2, 0) is 13.0 Å². The van der Waals surface area contributed by atoms with Crippen molar-refractivity contribution in [1.82, 2.24) is 19.8 Å². The van der Waals surface area contributed by atoms with E-state index in [0.29, 0.717) is 6.04 Å². The molecule has 0 saturated carbocycles. The van der Waals surface area contributed by atoms with Crippen LogP contribution in [0.1, 0.15) is 11.5 Å². The van der Waals surface area contributed by atoms with E-state index < -0.39 is 0 Å². The van der Waals surface area contributed by atoms with Crippen molar-refractivity contribution in [1.29, 1.82) is 0 Å². The zero-order valence-electron chi connectivity index (χ0n) is 9.98. The molecule has 0 amide bonds. The van der Waals surface area contributed by atoms with Crippen LogP contribution in [0, 0.1) is 0 Å². The van der Waals surface area contributed by atoms with Crippen LogP contribution in [0.4, 0.5) is 0 Å².